The van der Waals surface area contributed by atoms with Crippen LogP contribution in [0.15, 0.2) is 0 Å². The lowest BCUT2D eigenvalue weighted by molar-refractivity contribution is 0.290. The van der Waals surface area contributed by atoms with Crippen LogP contribution < -0.4 is 0 Å². The zero-order valence-corrected chi connectivity index (χ0v) is 5.19. The Labute approximate surface area is 50.7 Å². The third kappa shape index (κ3) is 1.48. The zero-order chi connectivity index (χ0) is 5.82. The predicted molar refractivity (Wildman–Crippen MR) is 33.4 cm³/mol. The molecule has 8 heavy (non-hydrogen) atoms. The number of aliphatic hydroxyl groups excluding tert-OH is 1. The van der Waals surface area contributed by atoms with Crippen molar-refractivity contribution in [3.63, 3.8) is 0 Å². The molecule has 1 radical (unpaired) electrons. The first-order chi connectivity index (χ1) is 3.93. The lowest BCUT2D eigenvalue weighted by Crippen LogP contribution is -1.92. The molecule has 1 saturated carbocycles. The fourth-order valence-corrected chi connectivity index (χ4v) is 1.28. The fourth-order valence-electron chi connectivity index (χ4n) is 1.28. The summed E-state index contributed by atoms with van der Waals surface area (Å²) in [6.07, 6.45) is 6.23. The molecule has 1 rings (SSSR count). The van der Waals surface area contributed by atoms with Crippen molar-refractivity contribution in [1.29, 1.82) is 0 Å². The molecule has 0 amide bonds. The topological polar surface area (TPSA) is 20.2 Å². The number of hydrogen-bond acceptors (Lipinski definition) is 1. The number of rotatable bonds is 2. The number of hydrogen-bond donors (Lipinski definition) is 1. The van der Waals surface area contributed by atoms with Gasteiger partial charge in [-0.3, -0.25) is 0 Å². The summed E-state index contributed by atoms with van der Waals surface area (Å²) in [5.41, 5.74) is 0. The average Bonchev–Trinajstić information content (AvgIpc) is 2.19. The van der Waals surface area contributed by atoms with E-state index >= 15 is 0 Å². The first-order valence-corrected chi connectivity index (χ1v) is 3.38. The molecule has 0 aromatic rings. The Morgan fingerprint density at radius 1 is 1.25 bits per heavy atom. The lowest BCUT2D eigenvalue weighted by atomic mass is 10.1. The highest BCUT2D eigenvalue weighted by Gasteiger charge is 2.13. The molecule has 0 aromatic heterocycles. The Morgan fingerprint density at radius 3 is 2.38 bits per heavy atom. The first-order valence-electron chi connectivity index (χ1n) is 3.38. The van der Waals surface area contributed by atoms with E-state index in [0.717, 1.165) is 6.42 Å². The van der Waals surface area contributed by atoms with Crippen LogP contribution in [0, 0.1) is 5.92 Å². The smallest absolute Gasteiger partial charge is 0.0436 e. The van der Waals surface area contributed by atoms with E-state index in [1.165, 1.54) is 25.7 Å². The van der Waals surface area contributed by atoms with E-state index in [9.17, 15) is 0 Å². The van der Waals surface area contributed by atoms with Crippen molar-refractivity contribution in [3.8, 4) is 0 Å². The van der Waals surface area contributed by atoms with Gasteiger partial charge in [-0.15, -0.1) is 0 Å². The van der Waals surface area contributed by atoms with E-state index in [0.29, 0.717) is 6.61 Å². The van der Waals surface area contributed by atoms with Gasteiger partial charge in [0.1, 0.15) is 0 Å². The molecular weight excluding hydrogens is 100 g/mol. The van der Waals surface area contributed by atoms with Crippen LogP contribution >= 0.6 is 0 Å². The summed E-state index contributed by atoms with van der Waals surface area (Å²) in [6, 6.07) is 0. The van der Waals surface area contributed by atoms with E-state index in [2.05, 4.69) is 0 Å². The van der Waals surface area contributed by atoms with E-state index in [4.69, 9.17) is 5.11 Å². The second-order valence-corrected chi connectivity index (χ2v) is 2.43. The highest BCUT2D eigenvalue weighted by molar-refractivity contribution is 4.93. The molecule has 0 bridgehead atoms. The molecule has 0 heterocycles. The maximum absolute atomic E-state index is 8.51. The summed E-state index contributed by atoms with van der Waals surface area (Å²) in [4.78, 5) is 0. The van der Waals surface area contributed by atoms with Crippen molar-refractivity contribution in [2.45, 2.75) is 32.1 Å². The summed E-state index contributed by atoms with van der Waals surface area (Å²) < 4.78 is 0. The summed E-state index contributed by atoms with van der Waals surface area (Å²) in [7, 11) is 0. The maximum Gasteiger partial charge on any atom is 0.0436 e. The van der Waals surface area contributed by atoms with Crippen LogP contribution in [-0.4, -0.2) is 11.7 Å². The minimum absolute atomic E-state index is 0.356. The second kappa shape index (κ2) is 3.08. The molecule has 0 unspecified atom stereocenters. The molecule has 1 aliphatic carbocycles. The van der Waals surface area contributed by atoms with Crippen molar-refractivity contribution in [1.82, 2.24) is 0 Å². The minimum Gasteiger partial charge on any atom is -0.396 e. The first kappa shape index (κ1) is 6.09. The molecule has 1 heteroatoms. The highest BCUT2D eigenvalue weighted by atomic mass is 16.3. The quantitative estimate of drug-likeness (QED) is 0.575. The van der Waals surface area contributed by atoms with Crippen LogP contribution in [-0.2, 0) is 0 Å². The van der Waals surface area contributed by atoms with Crippen LogP contribution in [0.2, 0.25) is 0 Å². The van der Waals surface area contributed by atoms with Gasteiger partial charge in [0, 0.05) is 6.61 Å². The van der Waals surface area contributed by atoms with E-state index in [1.807, 2.05) is 0 Å². The highest BCUT2D eigenvalue weighted by Crippen LogP contribution is 2.28. The Morgan fingerprint density at radius 2 is 1.88 bits per heavy atom. The average molecular weight is 113 g/mol. The van der Waals surface area contributed by atoms with Crippen LogP contribution in [0.4, 0.5) is 0 Å². The molecule has 1 N–H and O–H groups in total. The Balaban J connectivity index is 2.06. The van der Waals surface area contributed by atoms with Crippen molar-refractivity contribution >= 4 is 0 Å². The normalized spacial score (nSPS) is 22.1. The fraction of sp³-hybridized carbons (Fsp3) is 0.857. The molecule has 0 aliphatic heterocycles. The Kier molecular flexibility index (Phi) is 2.34. The minimum atomic E-state index is 0.356. The van der Waals surface area contributed by atoms with Gasteiger partial charge in [0.2, 0.25) is 0 Å². The van der Waals surface area contributed by atoms with Gasteiger partial charge in [-0.05, 0) is 25.2 Å². The molecule has 47 valence electrons. The largest absolute Gasteiger partial charge is 0.396 e. The van der Waals surface area contributed by atoms with Crippen molar-refractivity contribution in [2.24, 2.45) is 0 Å². The van der Waals surface area contributed by atoms with Gasteiger partial charge in [0.25, 0.3) is 0 Å². The lowest BCUT2D eigenvalue weighted by Gasteiger charge is -2.02. The summed E-state index contributed by atoms with van der Waals surface area (Å²) in [5, 5.41) is 8.51. The monoisotopic (exact) mass is 113 g/mol. The van der Waals surface area contributed by atoms with Gasteiger partial charge in [0.15, 0.2) is 0 Å². The predicted octanol–water partition coefficient (Wildman–Crippen LogP) is 1.52. The molecule has 0 saturated heterocycles. The maximum atomic E-state index is 8.51. The third-order valence-electron chi connectivity index (χ3n) is 1.78. The van der Waals surface area contributed by atoms with E-state index in [-0.39, 0.29) is 0 Å². The SMILES string of the molecule is OCC[C]1CCCC1. The van der Waals surface area contributed by atoms with Crippen LogP contribution in [0.5, 0.6) is 0 Å². The Hall–Kier alpha value is -0.0400. The molecule has 1 aliphatic rings. The van der Waals surface area contributed by atoms with Gasteiger partial charge in [-0.1, -0.05) is 12.8 Å². The van der Waals surface area contributed by atoms with Gasteiger partial charge < -0.3 is 5.11 Å². The summed E-state index contributed by atoms with van der Waals surface area (Å²) in [5.74, 6) is 1.58. The Bertz CT molecular complexity index is 55.4. The molecule has 0 atom stereocenters. The molecular formula is C7H13O. The van der Waals surface area contributed by atoms with Crippen molar-refractivity contribution in [2.75, 3.05) is 6.61 Å². The molecule has 1 nitrogen and oxygen atoms in total. The third-order valence-corrected chi connectivity index (χ3v) is 1.78. The van der Waals surface area contributed by atoms with Crippen LogP contribution in [0.25, 0.3) is 0 Å². The van der Waals surface area contributed by atoms with Crippen molar-refractivity contribution in [3.05, 3.63) is 5.92 Å². The van der Waals surface area contributed by atoms with Gasteiger partial charge in [-0.2, -0.15) is 0 Å². The van der Waals surface area contributed by atoms with Crippen LogP contribution in [0.3, 0.4) is 0 Å². The zero-order valence-electron chi connectivity index (χ0n) is 5.19. The molecule has 0 aromatic carbocycles. The summed E-state index contributed by atoms with van der Waals surface area (Å²) in [6.45, 7) is 0.356. The van der Waals surface area contributed by atoms with Crippen molar-refractivity contribution < 1.29 is 5.11 Å². The summed E-state index contributed by atoms with van der Waals surface area (Å²) >= 11 is 0. The number of aliphatic hydroxyl groups is 1. The van der Waals surface area contributed by atoms with E-state index in [1.54, 1.807) is 5.92 Å². The van der Waals surface area contributed by atoms with E-state index < -0.39 is 0 Å². The van der Waals surface area contributed by atoms with Crippen LogP contribution in [0.1, 0.15) is 32.1 Å². The standard InChI is InChI=1S/C7H13O/c8-6-5-7-3-1-2-4-7/h8H,1-6H2. The molecule has 0 spiro atoms. The van der Waals surface area contributed by atoms with Gasteiger partial charge in [0.05, 0.1) is 0 Å². The molecule has 1 fully saturated rings. The van der Waals surface area contributed by atoms with Gasteiger partial charge >= 0.3 is 0 Å². The second-order valence-electron chi connectivity index (χ2n) is 2.43. The van der Waals surface area contributed by atoms with Gasteiger partial charge in [-0.25, -0.2) is 0 Å².